The number of imidazole rings is 2. The highest BCUT2D eigenvalue weighted by Crippen LogP contribution is 2.43. The summed E-state index contributed by atoms with van der Waals surface area (Å²) in [5.41, 5.74) is 3.82. The molecule has 3 aliphatic heterocycles. The van der Waals surface area contributed by atoms with E-state index in [9.17, 15) is 9.59 Å². The highest BCUT2D eigenvalue weighted by Gasteiger charge is 2.36. The quantitative estimate of drug-likeness (QED) is 0.191. The highest BCUT2D eigenvalue weighted by molar-refractivity contribution is 5.93. The van der Waals surface area contributed by atoms with Gasteiger partial charge in [-0.3, -0.25) is 9.80 Å². The molecule has 13 heteroatoms. The van der Waals surface area contributed by atoms with Crippen LogP contribution in [0.4, 0.5) is 14.0 Å². The van der Waals surface area contributed by atoms with Crippen molar-refractivity contribution < 1.29 is 28.2 Å². The van der Waals surface area contributed by atoms with Crippen LogP contribution in [0, 0.1) is 5.82 Å². The monoisotopic (exact) mass is 709 g/mol. The molecule has 0 spiro atoms. The molecule has 2 aromatic carbocycles. The number of carbonyl (C=O) groups excluding carboxylic acids is 2. The van der Waals surface area contributed by atoms with Crippen molar-refractivity contribution >= 4 is 23.1 Å². The van der Waals surface area contributed by atoms with Gasteiger partial charge in [-0.1, -0.05) is 12.1 Å². The first-order chi connectivity index (χ1) is 24.7. The maximum atomic E-state index is 16.4. The molecule has 3 aromatic heterocycles. The van der Waals surface area contributed by atoms with Crippen molar-refractivity contribution in [1.29, 1.82) is 0 Å². The number of aromatic nitrogens is 5. The lowest BCUT2D eigenvalue weighted by Crippen LogP contribution is -2.36. The first-order valence-electron chi connectivity index (χ1n) is 17.9. The smallest absolute Gasteiger partial charge is 0.410 e. The number of nitrogens with one attached hydrogen (secondary N) is 2. The van der Waals surface area contributed by atoms with Crippen molar-refractivity contribution in [3.8, 4) is 39.5 Å². The van der Waals surface area contributed by atoms with Crippen LogP contribution < -0.4 is 4.74 Å². The molecule has 0 radical (unpaired) electrons. The summed E-state index contributed by atoms with van der Waals surface area (Å²) >= 11 is 0. The topological polar surface area (TPSA) is 131 Å². The average molecular weight is 710 g/mol. The van der Waals surface area contributed by atoms with Gasteiger partial charge in [-0.25, -0.2) is 23.9 Å². The largest absolute Gasteiger partial charge is 0.472 e. The third-order valence-corrected chi connectivity index (χ3v) is 9.79. The van der Waals surface area contributed by atoms with Crippen LogP contribution >= 0.6 is 0 Å². The van der Waals surface area contributed by atoms with Crippen molar-refractivity contribution in [2.45, 2.75) is 97.2 Å². The minimum atomic E-state index is -0.588. The Morgan fingerprint density at radius 1 is 0.808 bits per heavy atom. The van der Waals surface area contributed by atoms with Gasteiger partial charge in [0.05, 0.1) is 47.1 Å². The van der Waals surface area contributed by atoms with Gasteiger partial charge < -0.3 is 28.7 Å². The number of fused-ring (bicyclic) bond motifs is 5. The molecule has 2 saturated heterocycles. The van der Waals surface area contributed by atoms with Gasteiger partial charge in [0.25, 0.3) is 0 Å². The van der Waals surface area contributed by atoms with Gasteiger partial charge in [0.1, 0.15) is 28.6 Å². The van der Waals surface area contributed by atoms with Crippen LogP contribution in [0.3, 0.4) is 0 Å². The van der Waals surface area contributed by atoms with E-state index in [1.54, 1.807) is 22.2 Å². The van der Waals surface area contributed by atoms with Gasteiger partial charge in [-0.05, 0) is 91.5 Å². The fourth-order valence-corrected chi connectivity index (χ4v) is 7.50. The normalized spacial score (nSPS) is 18.8. The summed E-state index contributed by atoms with van der Waals surface area (Å²) in [6, 6.07) is 11.0. The maximum Gasteiger partial charge on any atom is 0.410 e. The molecular weight excluding hydrogens is 665 g/mol. The minimum Gasteiger partial charge on any atom is -0.472 e. The number of carbonyl (C=O) groups is 2. The lowest BCUT2D eigenvalue weighted by Gasteiger charge is -2.27. The third-order valence-electron chi connectivity index (χ3n) is 9.79. The van der Waals surface area contributed by atoms with Crippen LogP contribution in [0.5, 0.6) is 5.75 Å². The predicted octanol–water partition coefficient (Wildman–Crippen LogP) is 8.72. The highest BCUT2D eigenvalue weighted by atomic mass is 19.1. The van der Waals surface area contributed by atoms with Crippen molar-refractivity contribution in [2.24, 2.45) is 0 Å². The molecule has 2 amide bonds. The van der Waals surface area contributed by atoms with Crippen LogP contribution in [0.25, 0.3) is 44.7 Å². The standard InChI is InChI=1S/C39H44FN7O5/c1-38(2,3)51-36(48)45-15-7-9-29(45)34-41-19-26(43-34)22-12-14-28-25(17-22)32(40)33-24-13-11-23(18-31(24)50-21-47(28)33)27-20-42-35(44-27)30-10-8-16-46(30)37(49)52-39(4,5)6/h11-14,17-20,29-30H,7-10,15-16,21H2,1-6H3,(H,41,43)(H,42,44)/t29-,30-/m0/s1. The molecule has 2 N–H and O–H groups in total. The lowest BCUT2D eigenvalue weighted by molar-refractivity contribution is 0.0208. The molecule has 272 valence electrons. The Balaban J connectivity index is 1.04. The molecule has 2 atom stereocenters. The molecule has 52 heavy (non-hydrogen) atoms. The first-order valence-corrected chi connectivity index (χ1v) is 17.9. The lowest BCUT2D eigenvalue weighted by atomic mass is 10.0. The van der Waals surface area contributed by atoms with Crippen molar-refractivity contribution in [3.05, 3.63) is 66.3 Å². The molecule has 0 bridgehead atoms. The zero-order valence-corrected chi connectivity index (χ0v) is 30.4. The number of aromatic amines is 2. The second-order valence-corrected chi connectivity index (χ2v) is 15.8. The number of benzene rings is 2. The summed E-state index contributed by atoms with van der Waals surface area (Å²) in [5, 5.41) is 0.477. The molecule has 2 fully saturated rings. The second kappa shape index (κ2) is 12.4. The molecule has 6 heterocycles. The molecule has 0 saturated carbocycles. The van der Waals surface area contributed by atoms with Gasteiger partial charge in [-0.15, -0.1) is 0 Å². The molecular formula is C39H44FN7O5. The Hall–Kier alpha value is -5.33. The summed E-state index contributed by atoms with van der Waals surface area (Å²) in [7, 11) is 0. The van der Waals surface area contributed by atoms with Crippen molar-refractivity contribution in [1.82, 2.24) is 34.3 Å². The van der Waals surface area contributed by atoms with E-state index in [0.717, 1.165) is 53.7 Å². The van der Waals surface area contributed by atoms with Gasteiger partial charge in [0.2, 0.25) is 0 Å². The van der Waals surface area contributed by atoms with Gasteiger partial charge in [-0.2, -0.15) is 0 Å². The maximum absolute atomic E-state index is 16.4. The van der Waals surface area contributed by atoms with Crippen molar-refractivity contribution in [3.63, 3.8) is 0 Å². The molecule has 3 aliphatic rings. The van der Waals surface area contributed by atoms with Crippen molar-refractivity contribution in [2.75, 3.05) is 13.1 Å². The molecule has 8 rings (SSSR count). The zero-order valence-electron chi connectivity index (χ0n) is 30.4. The predicted molar refractivity (Wildman–Crippen MR) is 193 cm³/mol. The number of likely N-dealkylation sites (tertiary alicyclic amines) is 2. The number of ether oxygens (including phenoxy) is 3. The van der Waals surface area contributed by atoms with E-state index in [1.165, 1.54) is 0 Å². The number of halogens is 1. The van der Waals surface area contributed by atoms with Gasteiger partial charge >= 0.3 is 12.2 Å². The summed E-state index contributed by atoms with van der Waals surface area (Å²) in [6.07, 6.45) is 6.09. The second-order valence-electron chi connectivity index (χ2n) is 15.8. The van der Waals surface area contributed by atoms with E-state index in [2.05, 4.69) is 19.9 Å². The average Bonchev–Trinajstić information content (AvgIpc) is 3.92. The Morgan fingerprint density at radius 2 is 1.35 bits per heavy atom. The van der Waals surface area contributed by atoms with E-state index < -0.39 is 11.2 Å². The Labute approximate surface area is 301 Å². The van der Waals surface area contributed by atoms with E-state index >= 15 is 4.39 Å². The van der Waals surface area contributed by atoms with Crippen LogP contribution in [-0.2, 0) is 16.2 Å². The molecule has 0 aliphatic carbocycles. The first kappa shape index (κ1) is 33.8. The summed E-state index contributed by atoms with van der Waals surface area (Å²) in [6.45, 7) is 12.5. The van der Waals surface area contributed by atoms with Crippen LogP contribution in [0.1, 0.15) is 91.0 Å². The number of hydrogen-bond donors (Lipinski definition) is 2. The molecule has 5 aromatic rings. The zero-order chi connectivity index (χ0) is 36.5. The number of hydrogen-bond acceptors (Lipinski definition) is 7. The number of rotatable bonds is 4. The van der Waals surface area contributed by atoms with E-state index in [4.69, 9.17) is 14.2 Å². The van der Waals surface area contributed by atoms with E-state index in [-0.39, 0.29) is 36.8 Å². The Morgan fingerprint density at radius 3 is 1.90 bits per heavy atom. The van der Waals surface area contributed by atoms with Gasteiger partial charge in [0, 0.05) is 35.2 Å². The number of H-pyrrole nitrogens is 2. The minimum absolute atomic E-state index is 0.156. The van der Waals surface area contributed by atoms with Crippen LogP contribution in [-0.4, -0.2) is 70.8 Å². The summed E-state index contributed by atoms with van der Waals surface area (Å²) in [4.78, 5) is 45.3. The fraction of sp³-hybridized carbons (Fsp3) is 0.436. The SMILES string of the molecule is CC(C)(C)OC(=O)N1CCC[C@H]1c1ncc(-c2ccc3c(c2)OCn2c-3c(F)c3cc(-c4cnc([C@@H]5CCCN5C(=O)OC(C)(C)C)[nH]4)ccc32)[nH]1. The van der Waals surface area contributed by atoms with Crippen LogP contribution in [0.2, 0.25) is 0 Å². The Bertz CT molecular complexity index is 2190. The Kier molecular flexibility index (Phi) is 8.07. The van der Waals surface area contributed by atoms with E-state index in [1.807, 2.05) is 82.5 Å². The van der Waals surface area contributed by atoms with Gasteiger partial charge in [0.15, 0.2) is 12.5 Å². The molecule has 0 unspecified atom stereocenters. The summed E-state index contributed by atoms with van der Waals surface area (Å²) in [5.74, 6) is 1.63. The van der Waals surface area contributed by atoms with Crippen LogP contribution in [0.15, 0.2) is 48.8 Å². The number of amides is 2. The third kappa shape index (κ3) is 6.15. The van der Waals surface area contributed by atoms with E-state index in [0.29, 0.717) is 47.1 Å². The molecule has 12 nitrogen and oxygen atoms in total. The summed E-state index contributed by atoms with van der Waals surface area (Å²) < 4.78 is 35.7. The fourth-order valence-electron chi connectivity index (χ4n) is 7.50. The number of nitrogens with zero attached hydrogens (tertiary/aromatic N) is 5.